The quantitative estimate of drug-likeness (QED) is 0.912. The number of nitrogens with one attached hydrogen (secondary N) is 2. The number of H-pyrrole nitrogens is 1. The summed E-state index contributed by atoms with van der Waals surface area (Å²) in [6, 6.07) is 9.24. The number of hydrogen-bond donors (Lipinski definition) is 2. The minimum Gasteiger partial charge on any atom is -0.338 e. The Balaban J connectivity index is 1.64. The minimum absolute atomic E-state index is 0.0101. The third-order valence-corrected chi connectivity index (χ3v) is 4.14. The van der Waals surface area contributed by atoms with Crippen molar-refractivity contribution in [2.45, 2.75) is 19.8 Å². The van der Waals surface area contributed by atoms with Crippen molar-refractivity contribution in [2.24, 2.45) is 5.92 Å². The van der Waals surface area contributed by atoms with Gasteiger partial charge in [0.2, 0.25) is 5.91 Å². The molecule has 0 spiro atoms. The van der Waals surface area contributed by atoms with E-state index in [4.69, 9.17) is 0 Å². The molecule has 6 nitrogen and oxygen atoms in total. The molecule has 2 N–H and O–H groups in total. The third-order valence-electron chi connectivity index (χ3n) is 4.14. The van der Waals surface area contributed by atoms with Crippen LogP contribution in [0.2, 0.25) is 0 Å². The van der Waals surface area contributed by atoms with E-state index in [2.05, 4.69) is 15.5 Å². The Hall–Kier alpha value is -2.63. The number of benzene rings is 1. The van der Waals surface area contributed by atoms with E-state index >= 15 is 0 Å². The van der Waals surface area contributed by atoms with E-state index in [-0.39, 0.29) is 17.7 Å². The molecule has 1 fully saturated rings. The van der Waals surface area contributed by atoms with Crippen molar-refractivity contribution in [3.8, 4) is 0 Å². The van der Waals surface area contributed by atoms with E-state index in [0.717, 1.165) is 18.4 Å². The average molecular weight is 312 g/mol. The van der Waals surface area contributed by atoms with Crippen molar-refractivity contribution in [3.05, 3.63) is 47.7 Å². The molecule has 1 saturated heterocycles. The van der Waals surface area contributed by atoms with E-state index in [1.807, 2.05) is 31.2 Å². The number of anilines is 1. The number of hydrogen-bond acceptors (Lipinski definition) is 3. The van der Waals surface area contributed by atoms with Gasteiger partial charge in [0.05, 0.1) is 12.1 Å². The highest BCUT2D eigenvalue weighted by Gasteiger charge is 2.29. The predicted molar refractivity (Wildman–Crippen MR) is 87.0 cm³/mol. The van der Waals surface area contributed by atoms with E-state index in [9.17, 15) is 9.59 Å². The fourth-order valence-electron chi connectivity index (χ4n) is 2.81. The molecule has 1 aliphatic heterocycles. The van der Waals surface area contributed by atoms with Gasteiger partial charge in [-0.05, 0) is 31.9 Å². The second-order valence-corrected chi connectivity index (χ2v) is 5.92. The van der Waals surface area contributed by atoms with Crippen molar-refractivity contribution in [1.82, 2.24) is 15.1 Å². The summed E-state index contributed by atoms with van der Waals surface area (Å²) in [6.45, 7) is 3.14. The number of aromatic nitrogens is 2. The summed E-state index contributed by atoms with van der Waals surface area (Å²) < 4.78 is 0. The largest absolute Gasteiger partial charge is 0.338 e. The van der Waals surface area contributed by atoms with Crippen molar-refractivity contribution in [2.75, 3.05) is 18.4 Å². The highest BCUT2D eigenvalue weighted by Crippen LogP contribution is 2.20. The fraction of sp³-hybridized carbons (Fsp3) is 0.353. The van der Waals surface area contributed by atoms with Gasteiger partial charge in [-0.2, -0.15) is 5.10 Å². The lowest BCUT2D eigenvalue weighted by Crippen LogP contribution is -2.43. The van der Waals surface area contributed by atoms with Gasteiger partial charge in [-0.15, -0.1) is 0 Å². The van der Waals surface area contributed by atoms with Gasteiger partial charge in [-0.25, -0.2) is 0 Å². The summed E-state index contributed by atoms with van der Waals surface area (Å²) in [5.41, 5.74) is 1.79. The van der Waals surface area contributed by atoms with Gasteiger partial charge >= 0.3 is 0 Å². The van der Waals surface area contributed by atoms with E-state index in [1.165, 1.54) is 0 Å². The molecule has 1 aliphatic rings. The Kier molecular flexibility index (Phi) is 4.41. The maximum absolute atomic E-state index is 12.6. The van der Waals surface area contributed by atoms with Gasteiger partial charge in [-0.3, -0.25) is 14.7 Å². The fourth-order valence-corrected chi connectivity index (χ4v) is 2.81. The zero-order valence-corrected chi connectivity index (χ0v) is 13.1. The van der Waals surface area contributed by atoms with Crippen LogP contribution in [0.3, 0.4) is 0 Å². The molecular formula is C17H20N4O2. The van der Waals surface area contributed by atoms with E-state index in [1.54, 1.807) is 17.2 Å². The molecule has 2 aromatic rings. The Morgan fingerprint density at radius 1 is 1.26 bits per heavy atom. The smallest absolute Gasteiger partial charge is 0.253 e. The predicted octanol–water partition coefficient (Wildman–Crippen LogP) is 2.21. The number of aryl methyl sites for hydroxylation is 1. The van der Waals surface area contributed by atoms with Crippen molar-refractivity contribution < 1.29 is 9.59 Å². The van der Waals surface area contributed by atoms with Crippen LogP contribution in [-0.4, -0.2) is 40.0 Å². The zero-order chi connectivity index (χ0) is 16.2. The van der Waals surface area contributed by atoms with Gasteiger partial charge in [0.15, 0.2) is 0 Å². The Bertz CT molecular complexity index is 679. The lowest BCUT2D eigenvalue weighted by atomic mass is 9.96. The number of likely N-dealkylation sites (tertiary alicyclic amines) is 1. The number of piperidine rings is 1. The van der Waals surface area contributed by atoms with Gasteiger partial charge in [0.1, 0.15) is 5.82 Å². The maximum atomic E-state index is 12.6. The Morgan fingerprint density at radius 3 is 2.74 bits per heavy atom. The van der Waals surface area contributed by atoms with Crippen molar-refractivity contribution in [3.63, 3.8) is 0 Å². The molecule has 0 unspecified atom stereocenters. The lowest BCUT2D eigenvalue weighted by Gasteiger charge is -2.32. The van der Waals surface area contributed by atoms with E-state index in [0.29, 0.717) is 24.5 Å². The molecule has 2 heterocycles. The highest BCUT2D eigenvalue weighted by atomic mass is 16.2. The maximum Gasteiger partial charge on any atom is 0.253 e. The monoisotopic (exact) mass is 312 g/mol. The molecule has 120 valence electrons. The van der Waals surface area contributed by atoms with Crippen molar-refractivity contribution in [1.29, 1.82) is 0 Å². The summed E-state index contributed by atoms with van der Waals surface area (Å²) in [5.74, 6) is 0.304. The zero-order valence-electron chi connectivity index (χ0n) is 13.1. The molecule has 2 amide bonds. The number of nitrogens with zero attached hydrogens (tertiary/aromatic N) is 2. The van der Waals surface area contributed by atoms with Crippen LogP contribution in [0.5, 0.6) is 0 Å². The second-order valence-electron chi connectivity index (χ2n) is 5.92. The van der Waals surface area contributed by atoms with Gasteiger partial charge in [0.25, 0.3) is 5.91 Å². The molecule has 23 heavy (non-hydrogen) atoms. The Labute approximate surface area is 134 Å². The molecule has 1 aromatic heterocycles. The Morgan fingerprint density at radius 2 is 2.04 bits per heavy atom. The van der Waals surface area contributed by atoms with Crippen LogP contribution < -0.4 is 5.32 Å². The summed E-state index contributed by atoms with van der Waals surface area (Å²) in [7, 11) is 0. The molecule has 3 rings (SSSR count). The summed E-state index contributed by atoms with van der Waals surface area (Å²) in [6.07, 6.45) is 3.21. The molecular weight excluding hydrogens is 292 g/mol. The molecule has 0 bridgehead atoms. The number of amides is 2. The number of carbonyl (C=O) groups is 2. The van der Waals surface area contributed by atoms with E-state index < -0.39 is 0 Å². The molecule has 0 aliphatic carbocycles. The standard InChI is InChI=1S/C17H20N4O2/c1-12-4-6-13(7-5-12)17(23)21-10-2-3-14(11-21)16(22)19-15-8-9-18-20-15/h4-9,14H,2-3,10-11H2,1H3,(H2,18,19,20,22)/t14-/m0/s1. The molecule has 0 radical (unpaired) electrons. The first-order valence-corrected chi connectivity index (χ1v) is 7.79. The molecule has 1 aromatic carbocycles. The molecule has 0 saturated carbocycles. The molecule has 6 heteroatoms. The van der Waals surface area contributed by atoms with Crippen LogP contribution in [0.15, 0.2) is 36.5 Å². The topological polar surface area (TPSA) is 78.1 Å². The van der Waals surface area contributed by atoms with Gasteiger partial charge in [-0.1, -0.05) is 17.7 Å². The summed E-state index contributed by atoms with van der Waals surface area (Å²) >= 11 is 0. The minimum atomic E-state index is -0.193. The van der Waals surface area contributed by atoms with Crippen LogP contribution in [0.4, 0.5) is 5.82 Å². The van der Waals surface area contributed by atoms with Crippen LogP contribution in [0.1, 0.15) is 28.8 Å². The number of aromatic amines is 1. The highest BCUT2D eigenvalue weighted by molar-refractivity contribution is 5.96. The van der Waals surface area contributed by atoms with Crippen LogP contribution in [-0.2, 0) is 4.79 Å². The summed E-state index contributed by atoms with van der Waals surface area (Å²) in [5, 5.41) is 9.32. The van der Waals surface area contributed by atoms with Crippen LogP contribution in [0.25, 0.3) is 0 Å². The van der Waals surface area contributed by atoms with Gasteiger partial charge in [0, 0.05) is 24.7 Å². The number of rotatable bonds is 3. The summed E-state index contributed by atoms with van der Waals surface area (Å²) in [4.78, 5) is 26.7. The lowest BCUT2D eigenvalue weighted by molar-refractivity contribution is -0.121. The molecule has 1 atom stereocenters. The normalized spacial score (nSPS) is 17.8. The average Bonchev–Trinajstić information content (AvgIpc) is 3.08. The van der Waals surface area contributed by atoms with Crippen molar-refractivity contribution >= 4 is 17.6 Å². The second kappa shape index (κ2) is 6.64. The van der Waals surface area contributed by atoms with Gasteiger partial charge < -0.3 is 10.2 Å². The first-order valence-electron chi connectivity index (χ1n) is 7.79. The SMILES string of the molecule is Cc1ccc(C(=O)N2CCC[C@H](C(=O)Nc3ccn[nH]3)C2)cc1. The number of carbonyl (C=O) groups excluding carboxylic acids is 2. The first kappa shape index (κ1) is 15.3. The first-order chi connectivity index (χ1) is 11.1. The van der Waals surface area contributed by atoms with Crippen LogP contribution in [0, 0.1) is 12.8 Å². The third kappa shape index (κ3) is 3.59. The van der Waals surface area contributed by atoms with Crippen LogP contribution >= 0.6 is 0 Å².